The van der Waals surface area contributed by atoms with Crippen molar-refractivity contribution in [2.45, 2.75) is 12.8 Å². The summed E-state index contributed by atoms with van der Waals surface area (Å²) in [6.07, 6.45) is 1.96. The first-order valence-electron chi connectivity index (χ1n) is 6.14. The number of hydrogen-bond donors (Lipinski definition) is 1. The molecule has 0 spiro atoms. The molecule has 96 valence electrons. The highest BCUT2D eigenvalue weighted by atomic mass is 16.5. The first-order chi connectivity index (χ1) is 8.80. The molecule has 0 aliphatic carbocycles. The van der Waals surface area contributed by atoms with Gasteiger partial charge in [-0.15, -0.1) is 0 Å². The van der Waals surface area contributed by atoms with Crippen LogP contribution in [0.25, 0.3) is 10.8 Å². The maximum atomic E-state index is 5.58. The van der Waals surface area contributed by atoms with Gasteiger partial charge in [0.05, 0.1) is 14.2 Å². The lowest BCUT2D eigenvalue weighted by Gasteiger charge is -2.11. The lowest BCUT2D eigenvalue weighted by atomic mass is 10.00. The quantitative estimate of drug-likeness (QED) is 0.881. The highest BCUT2D eigenvalue weighted by molar-refractivity contribution is 5.92. The Morgan fingerprint density at radius 1 is 1.00 bits per heavy atom. The third kappa shape index (κ3) is 2.41. The summed E-state index contributed by atoms with van der Waals surface area (Å²) in [7, 11) is 3.37. The zero-order chi connectivity index (χ0) is 13.0. The van der Waals surface area contributed by atoms with Gasteiger partial charge in [-0.25, -0.2) is 0 Å². The van der Waals surface area contributed by atoms with Crippen molar-refractivity contribution in [3.05, 3.63) is 35.9 Å². The largest absolute Gasteiger partial charge is 0.497 e. The minimum Gasteiger partial charge on any atom is -0.497 e. The fourth-order valence-corrected chi connectivity index (χ4v) is 2.18. The van der Waals surface area contributed by atoms with Crippen molar-refractivity contribution in [1.82, 2.24) is 0 Å². The van der Waals surface area contributed by atoms with Crippen molar-refractivity contribution in [1.29, 1.82) is 0 Å². The van der Waals surface area contributed by atoms with Gasteiger partial charge < -0.3 is 15.2 Å². The lowest BCUT2D eigenvalue weighted by molar-refractivity contribution is 0.414. The molecular formula is C15H19NO2. The summed E-state index contributed by atoms with van der Waals surface area (Å²) < 4.78 is 10.7. The molecule has 2 aromatic rings. The van der Waals surface area contributed by atoms with Crippen molar-refractivity contribution in [3.8, 4) is 11.5 Å². The van der Waals surface area contributed by atoms with Crippen molar-refractivity contribution in [2.75, 3.05) is 20.8 Å². The van der Waals surface area contributed by atoms with Gasteiger partial charge in [0.25, 0.3) is 0 Å². The maximum Gasteiger partial charge on any atom is 0.126 e. The monoisotopic (exact) mass is 245 g/mol. The van der Waals surface area contributed by atoms with Gasteiger partial charge in [0.1, 0.15) is 11.5 Å². The third-order valence-corrected chi connectivity index (χ3v) is 3.14. The van der Waals surface area contributed by atoms with Gasteiger partial charge >= 0.3 is 0 Å². The smallest absolute Gasteiger partial charge is 0.126 e. The van der Waals surface area contributed by atoms with Crippen molar-refractivity contribution < 1.29 is 9.47 Å². The Kier molecular flexibility index (Phi) is 4.05. The van der Waals surface area contributed by atoms with E-state index in [2.05, 4.69) is 12.1 Å². The van der Waals surface area contributed by atoms with Crippen LogP contribution in [0.2, 0.25) is 0 Å². The maximum absolute atomic E-state index is 5.58. The van der Waals surface area contributed by atoms with Crippen LogP contribution < -0.4 is 15.2 Å². The Bertz CT molecular complexity index is 537. The van der Waals surface area contributed by atoms with E-state index in [9.17, 15) is 0 Å². The van der Waals surface area contributed by atoms with Gasteiger partial charge in [-0.05, 0) is 54.6 Å². The van der Waals surface area contributed by atoms with Crippen LogP contribution in [0.3, 0.4) is 0 Å². The number of fused-ring (bicyclic) bond motifs is 1. The number of rotatable bonds is 5. The van der Waals surface area contributed by atoms with Crippen LogP contribution in [-0.4, -0.2) is 20.8 Å². The van der Waals surface area contributed by atoms with Crippen LogP contribution in [0.5, 0.6) is 11.5 Å². The highest BCUT2D eigenvalue weighted by Crippen LogP contribution is 2.31. The average molecular weight is 245 g/mol. The fourth-order valence-electron chi connectivity index (χ4n) is 2.18. The predicted molar refractivity (Wildman–Crippen MR) is 74.4 cm³/mol. The summed E-state index contributed by atoms with van der Waals surface area (Å²) in [5, 5.41) is 2.30. The van der Waals surface area contributed by atoms with E-state index in [0.29, 0.717) is 6.54 Å². The molecule has 0 radical (unpaired) electrons. The van der Waals surface area contributed by atoms with Gasteiger partial charge in [0, 0.05) is 5.39 Å². The minimum absolute atomic E-state index is 0.706. The lowest BCUT2D eigenvalue weighted by Crippen LogP contribution is -2.01. The fraction of sp³-hybridized carbons (Fsp3) is 0.333. The Balaban J connectivity index is 2.56. The molecule has 0 atom stereocenters. The van der Waals surface area contributed by atoms with E-state index in [4.69, 9.17) is 15.2 Å². The average Bonchev–Trinajstić information content (AvgIpc) is 2.44. The molecule has 0 amide bonds. The van der Waals surface area contributed by atoms with E-state index < -0.39 is 0 Å². The molecule has 0 bridgehead atoms. The number of hydrogen-bond acceptors (Lipinski definition) is 3. The van der Waals surface area contributed by atoms with E-state index in [1.807, 2.05) is 18.2 Å². The van der Waals surface area contributed by atoms with Crippen LogP contribution in [0.15, 0.2) is 30.3 Å². The number of benzene rings is 2. The van der Waals surface area contributed by atoms with Crippen molar-refractivity contribution in [3.63, 3.8) is 0 Å². The Morgan fingerprint density at radius 3 is 2.50 bits per heavy atom. The second-order valence-corrected chi connectivity index (χ2v) is 4.23. The molecule has 2 N–H and O–H groups in total. The van der Waals surface area contributed by atoms with E-state index in [0.717, 1.165) is 29.7 Å². The van der Waals surface area contributed by atoms with Crippen LogP contribution in [0.4, 0.5) is 0 Å². The summed E-state index contributed by atoms with van der Waals surface area (Å²) in [5.41, 5.74) is 6.87. The zero-order valence-corrected chi connectivity index (χ0v) is 10.9. The third-order valence-electron chi connectivity index (χ3n) is 3.14. The summed E-state index contributed by atoms with van der Waals surface area (Å²) in [4.78, 5) is 0. The molecule has 0 aliphatic heterocycles. The standard InChI is InChI=1S/C15H19NO2/c1-17-12-6-7-13-14(10-12)11(4-3-9-16)5-8-15(13)18-2/h5-8,10H,3-4,9,16H2,1-2H3. The van der Waals surface area contributed by atoms with Gasteiger partial charge in [0.15, 0.2) is 0 Å². The van der Waals surface area contributed by atoms with Crippen LogP contribution in [0.1, 0.15) is 12.0 Å². The molecule has 3 nitrogen and oxygen atoms in total. The van der Waals surface area contributed by atoms with Crippen LogP contribution in [0, 0.1) is 0 Å². The molecule has 0 aromatic heterocycles. The summed E-state index contributed by atoms with van der Waals surface area (Å²) in [6.45, 7) is 0.706. The molecule has 3 heteroatoms. The first-order valence-corrected chi connectivity index (χ1v) is 6.14. The molecule has 0 aliphatic rings. The van der Waals surface area contributed by atoms with Crippen LogP contribution >= 0.6 is 0 Å². The van der Waals surface area contributed by atoms with E-state index in [-0.39, 0.29) is 0 Å². The number of ether oxygens (including phenoxy) is 2. The van der Waals surface area contributed by atoms with Gasteiger partial charge in [-0.3, -0.25) is 0 Å². The Labute approximate surface area is 108 Å². The van der Waals surface area contributed by atoms with Crippen molar-refractivity contribution in [2.24, 2.45) is 5.73 Å². The van der Waals surface area contributed by atoms with E-state index in [1.54, 1.807) is 14.2 Å². The first kappa shape index (κ1) is 12.7. The predicted octanol–water partition coefficient (Wildman–Crippen LogP) is 2.75. The topological polar surface area (TPSA) is 44.5 Å². The molecule has 0 fully saturated rings. The molecule has 18 heavy (non-hydrogen) atoms. The van der Waals surface area contributed by atoms with Gasteiger partial charge in [-0.1, -0.05) is 6.07 Å². The van der Waals surface area contributed by atoms with Gasteiger partial charge in [0.2, 0.25) is 0 Å². The molecule has 0 saturated heterocycles. The summed E-state index contributed by atoms with van der Waals surface area (Å²) >= 11 is 0. The van der Waals surface area contributed by atoms with E-state index in [1.165, 1.54) is 10.9 Å². The Morgan fingerprint density at radius 2 is 1.83 bits per heavy atom. The second kappa shape index (κ2) is 5.74. The molecule has 0 heterocycles. The number of methoxy groups -OCH3 is 2. The number of nitrogens with two attached hydrogens (primary N) is 1. The summed E-state index contributed by atoms with van der Waals surface area (Å²) in [6, 6.07) is 10.2. The SMILES string of the molecule is COc1ccc2c(OC)ccc(CCCN)c2c1. The highest BCUT2D eigenvalue weighted by Gasteiger charge is 2.07. The normalized spacial score (nSPS) is 10.6. The minimum atomic E-state index is 0.706. The molecule has 0 unspecified atom stereocenters. The van der Waals surface area contributed by atoms with E-state index >= 15 is 0 Å². The van der Waals surface area contributed by atoms with Crippen LogP contribution in [-0.2, 0) is 6.42 Å². The number of aryl methyl sites for hydroxylation is 1. The second-order valence-electron chi connectivity index (χ2n) is 4.23. The Hall–Kier alpha value is -1.74. The molecular weight excluding hydrogens is 226 g/mol. The van der Waals surface area contributed by atoms with Gasteiger partial charge in [-0.2, -0.15) is 0 Å². The molecule has 0 saturated carbocycles. The van der Waals surface area contributed by atoms with Crippen molar-refractivity contribution >= 4 is 10.8 Å². The molecule has 2 rings (SSSR count). The summed E-state index contributed by atoms with van der Waals surface area (Å²) in [5.74, 6) is 1.76. The zero-order valence-electron chi connectivity index (χ0n) is 10.9. The molecule has 2 aromatic carbocycles.